The lowest BCUT2D eigenvalue weighted by atomic mass is 10.1. The fraction of sp³-hybridized carbons (Fsp3) is 0.407. The maximum atomic E-state index is 12.7. The van der Waals surface area contributed by atoms with Crippen LogP contribution >= 0.6 is 11.3 Å². The first kappa shape index (κ1) is 25.2. The zero-order valence-corrected chi connectivity index (χ0v) is 21.2. The van der Waals surface area contributed by atoms with Crippen molar-refractivity contribution in [1.82, 2.24) is 15.2 Å². The van der Waals surface area contributed by atoms with Gasteiger partial charge < -0.3 is 19.5 Å². The number of amides is 1. The minimum atomic E-state index is -0.192. The van der Waals surface area contributed by atoms with Gasteiger partial charge in [-0.3, -0.25) is 9.69 Å². The molecular formula is C27H33N3O4S. The molecule has 2 heterocycles. The molecule has 186 valence electrons. The molecule has 0 spiro atoms. The van der Waals surface area contributed by atoms with Gasteiger partial charge in [0.25, 0.3) is 5.91 Å². The van der Waals surface area contributed by atoms with Crippen molar-refractivity contribution in [3.05, 3.63) is 65.2 Å². The molecular weight excluding hydrogens is 462 g/mol. The Morgan fingerprint density at radius 2 is 1.94 bits per heavy atom. The SMILES string of the molecule is CCOc1ccc(-c2nc(C(=O)NCc3cccc(OCCN(C)C4CCOCC4)c3)cs2)cc1. The molecule has 8 heteroatoms. The number of hydrogen-bond donors (Lipinski definition) is 1. The molecule has 0 unspecified atom stereocenters. The van der Waals surface area contributed by atoms with Crippen LogP contribution in [0.2, 0.25) is 0 Å². The summed E-state index contributed by atoms with van der Waals surface area (Å²) in [5.74, 6) is 1.44. The maximum Gasteiger partial charge on any atom is 0.271 e. The third kappa shape index (κ3) is 7.27. The number of carbonyl (C=O) groups is 1. The normalized spacial score (nSPS) is 14.1. The number of likely N-dealkylation sites (N-methyl/N-ethyl adjacent to an activating group) is 1. The Balaban J connectivity index is 1.25. The number of thiazole rings is 1. The molecule has 0 aliphatic carbocycles. The maximum absolute atomic E-state index is 12.7. The van der Waals surface area contributed by atoms with Gasteiger partial charge in [-0.1, -0.05) is 12.1 Å². The van der Waals surface area contributed by atoms with Crippen LogP contribution in [0.1, 0.15) is 35.8 Å². The van der Waals surface area contributed by atoms with Crippen molar-refractivity contribution in [3.8, 4) is 22.1 Å². The molecule has 1 amide bonds. The van der Waals surface area contributed by atoms with E-state index in [0.29, 0.717) is 31.5 Å². The van der Waals surface area contributed by atoms with Crippen LogP contribution in [-0.4, -0.2) is 61.9 Å². The second kappa shape index (κ2) is 12.7. The van der Waals surface area contributed by atoms with Gasteiger partial charge in [-0.15, -0.1) is 11.3 Å². The van der Waals surface area contributed by atoms with Gasteiger partial charge >= 0.3 is 0 Å². The van der Waals surface area contributed by atoms with Crippen LogP contribution in [0.5, 0.6) is 11.5 Å². The molecule has 1 saturated heterocycles. The van der Waals surface area contributed by atoms with Crippen LogP contribution in [0.3, 0.4) is 0 Å². The summed E-state index contributed by atoms with van der Waals surface area (Å²) in [6.45, 7) is 6.17. The van der Waals surface area contributed by atoms with Gasteiger partial charge in [-0.25, -0.2) is 4.98 Å². The Morgan fingerprint density at radius 3 is 2.71 bits per heavy atom. The van der Waals surface area contributed by atoms with Crippen molar-refractivity contribution in [2.45, 2.75) is 32.4 Å². The molecule has 1 aromatic heterocycles. The molecule has 2 aromatic carbocycles. The predicted molar refractivity (Wildman–Crippen MR) is 138 cm³/mol. The number of rotatable bonds is 11. The zero-order valence-electron chi connectivity index (χ0n) is 20.4. The average Bonchev–Trinajstić information content (AvgIpc) is 3.39. The van der Waals surface area contributed by atoms with E-state index in [0.717, 1.165) is 60.2 Å². The van der Waals surface area contributed by atoms with Gasteiger partial charge in [0.05, 0.1) is 6.61 Å². The number of hydrogen-bond acceptors (Lipinski definition) is 7. The van der Waals surface area contributed by atoms with Gasteiger partial charge in [0.2, 0.25) is 0 Å². The largest absolute Gasteiger partial charge is 0.494 e. The van der Waals surface area contributed by atoms with Gasteiger partial charge in [0.15, 0.2) is 0 Å². The van der Waals surface area contributed by atoms with E-state index in [1.807, 2.05) is 55.5 Å². The van der Waals surface area contributed by atoms with Crippen molar-refractivity contribution in [3.63, 3.8) is 0 Å². The topological polar surface area (TPSA) is 72.9 Å². The quantitative estimate of drug-likeness (QED) is 0.418. The number of carbonyl (C=O) groups excluding carboxylic acids is 1. The smallest absolute Gasteiger partial charge is 0.271 e. The molecule has 1 aliphatic heterocycles. The van der Waals surface area contributed by atoms with E-state index in [-0.39, 0.29) is 5.91 Å². The highest BCUT2D eigenvalue weighted by atomic mass is 32.1. The van der Waals surface area contributed by atoms with Crippen LogP contribution in [0.4, 0.5) is 0 Å². The van der Waals surface area contributed by atoms with Gasteiger partial charge in [-0.05, 0) is 68.8 Å². The second-order valence-corrected chi connectivity index (χ2v) is 9.36. The summed E-state index contributed by atoms with van der Waals surface area (Å²) in [5, 5.41) is 5.55. The highest BCUT2D eigenvalue weighted by molar-refractivity contribution is 7.13. The summed E-state index contributed by atoms with van der Waals surface area (Å²) in [4.78, 5) is 19.5. The molecule has 0 atom stereocenters. The van der Waals surface area contributed by atoms with Gasteiger partial charge in [-0.2, -0.15) is 0 Å². The number of benzene rings is 2. The first-order valence-electron chi connectivity index (χ1n) is 12.1. The second-order valence-electron chi connectivity index (χ2n) is 8.50. The van der Waals surface area contributed by atoms with E-state index in [9.17, 15) is 4.79 Å². The van der Waals surface area contributed by atoms with E-state index in [4.69, 9.17) is 14.2 Å². The van der Waals surface area contributed by atoms with E-state index >= 15 is 0 Å². The van der Waals surface area contributed by atoms with E-state index in [2.05, 4.69) is 22.2 Å². The van der Waals surface area contributed by atoms with Crippen molar-refractivity contribution in [2.24, 2.45) is 0 Å². The molecule has 0 saturated carbocycles. The first-order chi connectivity index (χ1) is 17.1. The van der Waals surface area contributed by atoms with E-state index in [1.54, 1.807) is 5.38 Å². The lowest BCUT2D eigenvalue weighted by Crippen LogP contribution is -2.38. The molecule has 0 bridgehead atoms. The molecule has 0 radical (unpaired) electrons. The number of nitrogens with zero attached hydrogens (tertiary/aromatic N) is 2. The Labute approximate surface area is 211 Å². The van der Waals surface area contributed by atoms with Crippen LogP contribution < -0.4 is 14.8 Å². The summed E-state index contributed by atoms with van der Waals surface area (Å²) in [6.07, 6.45) is 2.15. The summed E-state index contributed by atoms with van der Waals surface area (Å²) < 4.78 is 16.9. The third-order valence-electron chi connectivity index (χ3n) is 6.03. The molecule has 4 rings (SSSR count). The number of aromatic nitrogens is 1. The average molecular weight is 496 g/mol. The van der Waals surface area contributed by atoms with Crippen LogP contribution in [0.25, 0.3) is 10.6 Å². The lowest BCUT2D eigenvalue weighted by molar-refractivity contribution is 0.0392. The summed E-state index contributed by atoms with van der Waals surface area (Å²) in [5.41, 5.74) is 2.36. The lowest BCUT2D eigenvalue weighted by Gasteiger charge is -2.31. The van der Waals surface area contributed by atoms with Gasteiger partial charge in [0, 0.05) is 43.3 Å². The highest BCUT2D eigenvalue weighted by Gasteiger charge is 2.18. The zero-order chi connectivity index (χ0) is 24.5. The molecule has 1 fully saturated rings. The fourth-order valence-corrected chi connectivity index (χ4v) is 4.81. The summed E-state index contributed by atoms with van der Waals surface area (Å²) >= 11 is 1.45. The minimum absolute atomic E-state index is 0.192. The molecule has 3 aromatic rings. The molecule has 1 N–H and O–H groups in total. The molecule has 7 nitrogen and oxygen atoms in total. The van der Waals surface area contributed by atoms with Crippen LogP contribution in [0, 0.1) is 0 Å². The van der Waals surface area contributed by atoms with Crippen LogP contribution in [-0.2, 0) is 11.3 Å². The monoisotopic (exact) mass is 495 g/mol. The standard InChI is InChI=1S/C27H33N3O4S/c1-3-33-23-9-7-21(8-10-23)27-29-25(19-35-27)26(31)28-18-20-5-4-6-24(17-20)34-16-13-30(2)22-11-14-32-15-12-22/h4-10,17,19,22H,3,11-16,18H2,1-2H3,(H,28,31). The Hall–Kier alpha value is -2.94. The van der Waals surface area contributed by atoms with Crippen molar-refractivity contribution < 1.29 is 19.0 Å². The first-order valence-corrected chi connectivity index (χ1v) is 13.0. The number of nitrogens with one attached hydrogen (secondary N) is 1. The van der Waals surface area contributed by atoms with E-state index in [1.165, 1.54) is 11.3 Å². The Morgan fingerprint density at radius 1 is 1.14 bits per heavy atom. The summed E-state index contributed by atoms with van der Waals surface area (Å²) in [7, 11) is 2.14. The van der Waals surface area contributed by atoms with Crippen LogP contribution in [0.15, 0.2) is 53.9 Å². The minimum Gasteiger partial charge on any atom is -0.494 e. The van der Waals surface area contributed by atoms with Crippen molar-refractivity contribution in [1.29, 1.82) is 0 Å². The van der Waals surface area contributed by atoms with Crippen molar-refractivity contribution in [2.75, 3.05) is 40.0 Å². The highest BCUT2D eigenvalue weighted by Crippen LogP contribution is 2.26. The Kier molecular flexibility index (Phi) is 9.11. The third-order valence-corrected chi connectivity index (χ3v) is 6.92. The molecule has 35 heavy (non-hydrogen) atoms. The van der Waals surface area contributed by atoms with Gasteiger partial charge in [0.1, 0.15) is 28.8 Å². The number of ether oxygens (including phenoxy) is 3. The molecule has 1 aliphatic rings. The Bertz CT molecular complexity index is 1080. The van der Waals surface area contributed by atoms with E-state index < -0.39 is 0 Å². The fourth-order valence-electron chi connectivity index (χ4n) is 4.01. The predicted octanol–water partition coefficient (Wildman–Crippen LogP) is 4.63. The summed E-state index contributed by atoms with van der Waals surface area (Å²) in [6, 6.07) is 16.2. The van der Waals surface area contributed by atoms with Crippen molar-refractivity contribution >= 4 is 17.2 Å².